The summed E-state index contributed by atoms with van der Waals surface area (Å²) >= 11 is 0. The van der Waals surface area contributed by atoms with Gasteiger partial charge in [0.15, 0.2) is 5.78 Å². The number of ether oxygens (including phenoxy) is 1. The molecule has 1 heterocycles. The SMILES string of the molecule is CCC(=O)c1ccnc(-c2cccc(CN(C(=O)Nc3ccc(OC(F)(F)F)cc3)C(C)C)c2)c1. The van der Waals surface area contributed by atoms with Crippen molar-refractivity contribution in [2.24, 2.45) is 0 Å². The topological polar surface area (TPSA) is 71.5 Å². The monoisotopic (exact) mass is 485 g/mol. The van der Waals surface area contributed by atoms with Gasteiger partial charge in [-0.1, -0.05) is 25.1 Å². The van der Waals surface area contributed by atoms with Crippen LogP contribution in [0.25, 0.3) is 11.3 Å². The van der Waals surface area contributed by atoms with Crippen molar-refractivity contribution >= 4 is 17.5 Å². The van der Waals surface area contributed by atoms with Crippen molar-refractivity contribution in [2.45, 2.75) is 46.1 Å². The Labute approximate surface area is 201 Å². The minimum Gasteiger partial charge on any atom is -0.406 e. The van der Waals surface area contributed by atoms with Gasteiger partial charge in [-0.25, -0.2) is 4.79 Å². The van der Waals surface area contributed by atoms with Crippen LogP contribution in [0.3, 0.4) is 0 Å². The highest BCUT2D eigenvalue weighted by atomic mass is 19.4. The molecule has 1 N–H and O–H groups in total. The largest absolute Gasteiger partial charge is 0.573 e. The Morgan fingerprint density at radius 1 is 1.06 bits per heavy atom. The summed E-state index contributed by atoms with van der Waals surface area (Å²) in [7, 11) is 0. The molecule has 0 radical (unpaired) electrons. The van der Waals surface area contributed by atoms with E-state index in [9.17, 15) is 22.8 Å². The highest BCUT2D eigenvalue weighted by Gasteiger charge is 2.31. The molecule has 0 aliphatic rings. The zero-order valence-corrected chi connectivity index (χ0v) is 19.6. The third kappa shape index (κ3) is 7.30. The number of rotatable bonds is 8. The lowest BCUT2D eigenvalue weighted by molar-refractivity contribution is -0.274. The number of halogens is 3. The van der Waals surface area contributed by atoms with Crippen LogP contribution in [-0.2, 0) is 6.54 Å². The zero-order valence-electron chi connectivity index (χ0n) is 19.6. The number of aromatic nitrogens is 1. The number of benzene rings is 2. The van der Waals surface area contributed by atoms with Crippen molar-refractivity contribution in [1.29, 1.82) is 0 Å². The van der Waals surface area contributed by atoms with Gasteiger partial charge in [0.25, 0.3) is 0 Å². The molecule has 0 saturated carbocycles. The molecular formula is C26H26F3N3O3. The maximum atomic E-state index is 12.9. The predicted octanol–water partition coefficient (Wildman–Crippen LogP) is 6.68. The van der Waals surface area contributed by atoms with Gasteiger partial charge in [-0.3, -0.25) is 9.78 Å². The van der Waals surface area contributed by atoms with Crippen LogP contribution in [0.1, 0.15) is 43.1 Å². The van der Waals surface area contributed by atoms with Gasteiger partial charge < -0.3 is 15.0 Å². The van der Waals surface area contributed by atoms with E-state index >= 15 is 0 Å². The quantitative estimate of drug-likeness (QED) is 0.361. The van der Waals surface area contributed by atoms with Gasteiger partial charge in [-0.05, 0) is 61.9 Å². The van der Waals surface area contributed by atoms with Gasteiger partial charge in [0.05, 0.1) is 5.69 Å². The number of nitrogens with zero attached hydrogens (tertiary/aromatic N) is 2. The number of ketones is 1. The molecule has 0 unspecified atom stereocenters. The Morgan fingerprint density at radius 2 is 1.77 bits per heavy atom. The fraction of sp³-hybridized carbons (Fsp3) is 0.269. The van der Waals surface area contributed by atoms with Crippen LogP contribution in [0.4, 0.5) is 23.7 Å². The standard InChI is InChI=1S/C26H26F3N3O3/c1-4-24(33)20-12-13-30-23(15-20)19-7-5-6-18(14-19)16-32(17(2)3)25(34)31-21-8-10-22(11-9-21)35-26(27,28)29/h5-15,17H,4,16H2,1-3H3,(H,31,34). The Morgan fingerprint density at radius 3 is 2.40 bits per heavy atom. The van der Waals surface area contributed by atoms with E-state index in [-0.39, 0.29) is 17.6 Å². The van der Waals surface area contributed by atoms with Gasteiger partial charge in [0.1, 0.15) is 5.75 Å². The van der Waals surface area contributed by atoms with E-state index in [0.717, 1.165) is 23.3 Å². The fourth-order valence-corrected chi connectivity index (χ4v) is 3.42. The number of amides is 2. The van der Waals surface area contributed by atoms with Gasteiger partial charge in [-0.2, -0.15) is 0 Å². The molecule has 0 aliphatic heterocycles. The summed E-state index contributed by atoms with van der Waals surface area (Å²) in [5.74, 6) is -0.336. The van der Waals surface area contributed by atoms with E-state index in [1.54, 1.807) is 30.2 Å². The lowest BCUT2D eigenvalue weighted by Crippen LogP contribution is -2.39. The lowest BCUT2D eigenvalue weighted by Gasteiger charge is -2.27. The molecule has 184 valence electrons. The van der Waals surface area contributed by atoms with Crippen molar-refractivity contribution in [3.8, 4) is 17.0 Å². The first-order valence-electron chi connectivity index (χ1n) is 11.1. The van der Waals surface area contributed by atoms with Crippen LogP contribution >= 0.6 is 0 Å². The van der Waals surface area contributed by atoms with E-state index in [4.69, 9.17) is 0 Å². The van der Waals surface area contributed by atoms with Crippen LogP contribution in [0.15, 0.2) is 66.9 Å². The van der Waals surface area contributed by atoms with Crippen LogP contribution in [0, 0.1) is 0 Å². The zero-order chi connectivity index (χ0) is 25.6. The summed E-state index contributed by atoms with van der Waals surface area (Å²) < 4.78 is 40.9. The Bertz CT molecular complexity index is 1180. The molecule has 0 fully saturated rings. The number of Topliss-reactive ketones (excluding diaryl/α,β-unsaturated/α-hetero) is 1. The van der Waals surface area contributed by atoms with Gasteiger partial charge in [-0.15, -0.1) is 13.2 Å². The van der Waals surface area contributed by atoms with E-state index in [2.05, 4.69) is 15.0 Å². The highest BCUT2D eigenvalue weighted by molar-refractivity contribution is 5.96. The second-order valence-corrected chi connectivity index (χ2v) is 8.13. The van der Waals surface area contributed by atoms with E-state index < -0.39 is 12.4 Å². The lowest BCUT2D eigenvalue weighted by atomic mass is 10.0. The molecule has 0 saturated heterocycles. The fourth-order valence-electron chi connectivity index (χ4n) is 3.42. The van der Waals surface area contributed by atoms with Gasteiger partial charge >= 0.3 is 12.4 Å². The summed E-state index contributed by atoms with van der Waals surface area (Å²) in [6, 6.07) is 15.4. The number of carbonyl (C=O) groups is 2. The number of anilines is 1. The molecule has 2 aromatic carbocycles. The average molecular weight is 486 g/mol. The van der Waals surface area contributed by atoms with Crippen LogP contribution in [0.5, 0.6) is 5.75 Å². The van der Waals surface area contributed by atoms with E-state index in [1.165, 1.54) is 12.1 Å². The first-order chi connectivity index (χ1) is 16.6. The summed E-state index contributed by atoms with van der Waals surface area (Å²) in [6.45, 7) is 5.83. The van der Waals surface area contributed by atoms with E-state index in [1.807, 2.05) is 38.1 Å². The second kappa shape index (κ2) is 11.0. The van der Waals surface area contributed by atoms with Crippen LogP contribution < -0.4 is 10.1 Å². The summed E-state index contributed by atoms with van der Waals surface area (Å²) in [6.07, 6.45) is -2.78. The summed E-state index contributed by atoms with van der Waals surface area (Å²) in [5, 5.41) is 2.71. The average Bonchev–Trinajstić information content (AvgIpc) is 2.82. The number of hydrogen-bond acceptors (Lipinski definition) is 4. The Kier molecular flexibility index (Phi) is 8.11. The minimum atomic E-state index is -4.78. The van der Waals surface area contributed by atoms with E-state index in [0.29, 0.717) is 29.9 Å². The highest BCUT2D eigenvalue weighted by Crippen LogP contribution is 2.25. The molecule has 3 aromatic rings. The Balaban J connectivity index is 1.74. The molecule has 6 nitrogen and oxygen atoms in total. The third-order valence-corrected chi connectivity index (χ3v) is 5.20. The molecule has 0 spiro atoms. The number of alkyl halides is 3. The van der Waals surface area contributed by atoms with Gasteiger partial charge in [0.2, 0.25) is 0 Å². The first kappa shape index (κ1) is 25.7. The number of urea groups is 1. The maximum Gasteiger partial charge on any atom is 0.573 e. The first-order valence-corrected chi connectivity index (χ1v) is 11.1. The molecule has 1 aromatic heterocycles. The molecule has 0 aliphatic carbocycles. The minimum absolute atomic E-state index is 0.0328. The van der Waals surface area contributed by atoms with Crippen LogP contribution in [0.2, 0.25) is 0 Å². The second-order valence-electron chi connectivity index (χ2n) is 8.13. The number of carbonyl (C=O) groups excluding carboxylic acids is 2. The molecule has 3 rings (SSSR count). The molecule has 9 heteroatoms. The molecule has 0 atom stereocenters. The molecular weight excluding hydrogens is 459 g/mol. The summed E-state index contributed by atoms with van der Waals surface area (Å²) in [4.78, 5) is 31.0. The van der Waals surface area contributed by atoms with Crippen molar-refractivity contribution in [3.05, 3.63) is 78.0 Å². The van der Waals surface area contributed by atoms with Crippen molar-refractivity contribution < 1.29 is 27.5 Å². The number of pyridine rings is 1. The molecule has 2 amide bonds. The number of nitrogens with one attached hydrogen (secondary N) is 1. The van der Waals surface area contributed by atoms with Crippen molar-refractivity contribution in [2.75, 3.05) is 5.32 Å². The smallest absolute Gasteiger partial charge is 0.406 e. The van der Waals surface area contributed by atoms with Crippen LogP contribution in [-0.4, -0.2) is 34.1 Å². The molecule has 0 bridgehead atoms. The van der Waals surface area contributed by atoms with Crippen molar-refractivity contribution in [3.63, 3.8) is 0 Å². The maximum absolute atomic E-state index is 12.9. The molecule has 35 heavy (non-hydrogen) atoms. The third-order valence-electron chi connectivity index (χ3n) is 5.20. The number of hydrogen-bond donors (Lipinski definition) is 1. The summed E-state index contributed by atoms with van der Waals surface area (Å²) in [5.41, 5.74) is 3.27. The van der Waals surface area contributed by atoms with Gasteiger partial charge in [0, 0.05) is 42.0 Å². The Hall–Kier alpha value is -3.88. The predicted molar refractivity (Wildman–Crippen MR) is 127 cm³/mol. The van der Waals surface area contributed by atoms with Crippen molar-refractivity contribution in [1.82, 2.24) is 9.88 Å². The normalized spacial score (nSPS) is 11.3.